The predicted octanol–water partition coefficient (Wildman–Crippen LogP) is 3.33. The van der Waals surface area contributed by atoms with E-state index in [9.17, 15) is 4.79 Å². The fourth-order valence-corrected chi connectivity index (χ4v) is 2.84. The van der Waals surface area contributed by atoms with Crippen LogP contribution in [-0.2, 0) is 9.53 Å². The molecule has 1 atom stereocenters. The summed E-state index contributed by atoms with van der Waals surface area (Å²) in [5.74, 6) is 1.33. The quantitative estimate of drug-likeness (QED) is 0.774. The highest BCUT2D eigenvalue weighted by atomic mass is 16.5. The maximum absolute atomic E-state index is 12.1. The van der Waals surface area contributed by atoms with Gasteiger partial charge < -0.3 is 19.5 Å². The van der Waals surface area contributed by atoms with Gasteiger partial charge in [0.1, 0.15) is 0 Å². The fraction of sp³-hybridized carbons (Fsp3) is 0.294. The third kappa shape index (κ3) is 2.98. The molecule has 1 aliphatic rings. The molecule has 6 heteroatoms. The minimum Gasteiger partial charge on any atom is -0.461 e. The summed E-state index contributed by atoms with van der Waals surface area (Å²) in [5, 5.41) is 2.91. The molecule has 0 spiro atoms. The van der Waals surface area contributed by atoms with Crippen LogP contribution in [0.4, 0.5) is 5.69 Å². The van der Waals surface area contributed by atoms with E-state index in [1.807, 2.05) is 30.3 Å². The third-order valence-electron chi connectivity index (χ3n) is 3.96. The molecular weight excluding hydrogens is 294 g/mol. The van der Waals surface area contributed by atoms with Crippen LogP contribution in [0.5, 0.6) is 0 Å². The van der Waals surface area contributed by atoms with Gasteiger partial charge in [-0.05, 0) is 43.2 Å². The number of anilines is 1. The molecule has 0 unspecified atom stereocenters. The molecule has 2 aromatic heterocycles. The van der Waals surface area contributed by atoms with Crippen molar-refractivity contribution in [3.05, 3.63) is 36.6 Å². The summed E-state index contributed by atoms with van der Waals surface area (Å²) in [6.45, 7) is 0.758. The number of fused-ring (bicyclic) bond motifs is 1. The van der Waals surface area contributed by atoms with Gasteiger partial charge in [0.25, 0.3) is 0 Å². The Labute approximate surface area is 132 Å². The molecule has 1 saturated heterocycles. The van der Waals surface area contributed by atoms with Crippen molar-refractivity contribution in [2.24, 2.45) is 0 Å². The van der Waals surface area contributed by atoms with Crippen LogP contribution in [0.25, 0.3) is 22.6 Å². The number of H-pyrrole nitrogens is 1. The Morgan fingerprint density at radius 1 is 1.39 bits per heavy atom. The molecule has 4 rings (SSSR count). The lowest BCUT2D eigenvalue weighted by Crippen LogP contribution is -2.19. The fourth-order valence-electron chi connectivity index (χ4n) is 2.84. The number of hydrogen-bond acceptors (Lipinski definition) is 4. The van der Waals surface area contributed by atoms with Crippen molar-refractivity contribution in [3.63, 3.8) is 0 Å². The number of benzene rings is 1. The minimum absolute atomic E-state index is 0.0259. The first-order valence-corrected chi connectivity index (χ1v) is 7.73. The summed E-state index contributed by atoms with van der Waals surface area (Å²) in [7, 11) is 0. The van der Waals surface area contributed by atoms with Gasteiger partial charge in [-0.2, -0.15) is 0 Å². The summed E-state index contributed by atoms with van der Waals surface area (Å²) in [4.78, 5) is 19.7. The number of aromatic amines is 1. The molecule has 3 heterocycles. The second-order valence-electron chi connectivity index (χ2n) is 5.68. The van der Waals surface area contributed by atoms with Gasteiger partial charge >= 0.3 is 0 Å². The molecule has 1 aliphatic heterocycles. The van der Waals surface area contributed by atoms with Crippen LogP contribution in [0, 0.1) is 0 Å². The van der Waals surface area contributed by atoms with Crippen LogP contribution in [0.1, 0.15) is 19.3 Å². The van der Waals surface area contributed by atoms with Crippen molar-refractivity contribution in [2.75, 3.05) is 11.9 Å². The second kappa shape index (κ2) is 5.89. The number of rotatable bonds is 4. The van der Waals surface area contributed by atoms with Crippen molar-refractivity contribution < 1.29 is 13.9 Å². The first-order valence-electron chi connectivity index (χ1n) is 7.73. The SMILES string of the molecule is O=C(C[C@@H]1CCCO1)Nc1ccc2nc(-c3ccco3)[nH]c2c1. The zero-order valence-electron chi connectivity index (χ0n) is 12.5. The molecule has 0 bridgehead atoms. The van der Waals surface area contributed by atoms with Crippen molar-refractivity contribution in [1.29, 1.82) is 0 Å². The van der Waals surface area contributed by atoms with Crippen LogP contribution in [0.15, 0.2) is 41.0 Å². The molecule has 6 nitrogen and oxygen atoms in total. The van der Waals surface area contributed by atoms with Gasteiger partial charge in [-0.15, -0.1) is 0 Å². The first kappa shape index (κ1) is 14.0. The zero-order chi connectivity index (χ0) is 15.6. The predicted molar refractivity (Wildman–Crippen MR) is 86.0 cm³/mol. The Kier molecular flexibility index (Phi) is 3.59. The van der Waals surface area contributed by atoms with E-state index >= 15 is 0 Å². The van der Waals surface area contributed by atoms with Crippen molar-refractivity contribution >= 4 is 22.6 Å². The van der Waals surface area contributed by atoms with Crippen LogP contribution in [0.3, 0.4) is 0 Å². The van der Waals surface area contributed by atoms with Gasteiger partial charge in [-0.25, -0.2) is 4.98 Å². The van der Waals surface area contributed by atoms with Crippen LogP contribution in [-0.4, -0.2) is 28.6 Å². The number of furan rings is 1. The lowest BCUT2D eigenvalue weighted by molar-refractivity contribution is -0.118. The average Bonchev–Trinajstić information content (AvgIpc) is 3.27. The number of imidazole rings is 1. The van der Waals surface area contributed by atoms with Gasteiger partial charge in [0.2, 0.25) is 5.91 Å². The van der Waals surface area contributed by atoms with Crippen molar-refractivity contribution in [2.45, 2.75) is 25.4 Å². The zero-order valence-corrected chi connectivity index (χ0v) is 12.5. The van der Waals surface area contributed by atoms with Crippen LogP contribution < -0.4 is 5.32 Å². The smallest absolute Gasteiger partial charge is 0.226 e. The van der Waals surface area contributed by atoms with Gasteiger partial charge in [-0.3, -0.25) is 4.79 Å². The van der Waals surface area contributed by atoms with E-state index in [4.69, 9.17) is 9.15 Å². The molecule has 1 aromatic carbocycles. The number of ether oxygens (including phenoxy) is 1. The Hall–Kier alpha value is -2.60. The summed E-state index contributed by atoms with van der Waals surface area (Å²) < 4.78 is 10.8. The normalized spacial score (nSPS) is 17.7. The lowest BCUT2D eigenvalue weighted by atomic mass is 10.1. The van der Waals surface area contributed by atoms with Crippen LogP contribution >= 0.6 is 0 Å². The second-order valence-corrected chi connectivity index (χ2v) is 5.68. The van der Waals surface area contributed by atoms with E-state index in [2.05, 4.69) is 15.3 Å². The monoisotopic (exact) mass is 311 g/mol. The number of amides is 1. The Morgan fingerprint density at radius 3 is 3.13 bits per heavy atom. The number of aromatic nitrogens is 2. The summed E-state index contributed by atoms with van der Waals surface area (Å²) >= 11 is 0. The minimum atomic E-state index is -0.0259. The van der Waals surface area contributed by atoms with Crippen molar-refractivity contribution in [3.8, 4) is 11.6 Å². The highest BCUT2D eigenvalue weighted by Crippen LogP contribution is 2.23. The topological polar surface area (TPSA) is 80.2 Å². The van der Waals surface area contributed by atoms with E-state index in [-0.39, 0.29) is 12.0 Å². The lowest BCUT2D eigenvalue weighted by Gasteiger charge is -2.09. The molecule has 118 valence electrons. The van der Waals surface area contributed by atoms with E-state index in [0.717, 1.165) is 36.2 Å². The molecule has 0 aliphatic carbocycles. The molecular formula is C17H17N3O3. The number of hydrogen-bond donors (Lipinski definition) is 2. The molecule has 0 radical (unpaired) electrons. The summed E-state index contributed by atoms with van der Waals surface area (Å²) in [6.07, 6.45) is 4.06. The van der Waals surface area contributed by atoms with Gasteiger partial charge in [0.15, 0.2) is 11.6 Å². The first-order chi connectivity index (χ1) is 11.3. The van der Waals surface area contributed by atoms with Gasteiger partial charge in [0, 0.05) is 12.3 Å². The molecule has 3 aromatic rings. The maximum Gasteiger partial charge on any atom is 0.226 e. The molecule has 1 amide bonds. The van der Waals surface area contributed by atoms with E-state index < -0.39 is 0 Å². The largest absolute Gasteiger partial charge is 0.461 e. The van der Waals surface area contributed by atoms with E-state index in [0.29, 0.717) is 18.0 Å². The molecule has 0 saturated carbocycles. The summed E-state index contributed by atoms with van der Waals surface area (Å²) in [6, 6.07) is 9.27. The molecule has 1 fully saturated rings. The number of nitrogens with zero attached hydrogens (tertiary/aromatic N) is 1. The highest BCUT2D eigenvalue weighted by molar-refractivity contribution is 5.93. The third-order valence-corrected chi connectivity index (χ3v) is 3.96. The van der Waals surface area contributed by atoms with Crippen molar-refractivity contribution in [1.82, 2.24) is 9.97 Å². The Bertz CT molecular complexity index is 817. The Morgan fingerprint density at radius 2 is 2.35 bits per heavy atom. The van der Waals surface area contributed by atoms with Gasteiger partial charge in [-0.1, -0.05) is 0 Å². The maximum atomic E-state index is 12.1. The molecule has 23 heavy (non-hydrogen) atoms. The molecule has 2 N–H and O–H groups in total. The standard InChI is InChI=1S/C17H17N3O3/c21-16(10-12-3-1-7-22-12)18-11-5-6-13-14(9-11)20-17(19-13)15-4-2-8-23-15/h2,4-6,8-9,12H,1,3,7,10H2,(H,18,21)(H,19,20)/t12-/m0/s1. The van der Waals surface area contributed by atoms with E-state index in [1.165, 1.54) is 0 Å². The summed E-state index contributed by atoms with van der Waals surface area (Å²) in [5.41, 5.74) is 2.43. The van der Waals surface area contributed by atoms with Gasteiger partial charge in [0.05, 0.1) is 29.8 Å². The average molecular weight is 311 g/mol. The Balaban J connectivity index is 1.50. The number of nitrogens with one attached hydrogen (secondary N) is 2. The number of carbonyl (C=O) groups excluding carboxylic acids is 1. The van der Waals surface area contributed by atoms with Crippen LogP contribution in [0.2, 0.25) is 0 Å². The van der Waals surface area contributed by atoms with E-state index in [1.54, 1.807) is 6.26 Å². The highest BCUT2D eigenvalue weighted by Gasteiger charge is 2.19. The number of carbonyl (C=O) groups is 1.